The van der Waals surface area contributed by atoms with Gasteiger partial charge in [0.1, 0.15) is 12.0 Å². The zero-order chi connectivity index (χ0) is 20.4. The lowest BCUT2D eigenvalue weighted by Crippen LogP contribution is -2.54. The van der Waals surface area contributed by atoms with Crippen LogP contribution in [0.25, 0.3) is 0 Å². The molecule has 0 aliphatic carbocycles. The van der Waals surface area contributed by atoms with Gasteiger partial charge in [0, 0.05) is 45.8 Å². The van der Waals surface area contributed by atoms with Crippen molar-refractivity contribution in [3.05, 3.63) is 18.0 Å². The molecule has 28 heavy (non-hydrogen) atoms. The Kier molecular flexibility index (Phi) is 9.24. The average Bonchev–Trinajstić information content (AvgIpc) is 3.19. The van der Waals surface area contributed by atoms with Gasteiger partial charge in [0.15, 0.2) is 5.96 Å². The van der Waals surface area contributed by atoms with Crippen LogP contribution in [-0.2, 0) is 15.8 Å². The monoisotopic (exact) mass is 413 g/mol. The van der Waals surface area contributed by atoms with E-state index in [2.05, 4.69) is 34.2 Å². The SMILES string of the molecule is CCCCC(CCC)CNC(=NC)N1CCN(S(=O)(=O)Cc2ccon2)CC1. The van der Waals surface area contributed by atoms with Crippen molar-refractivity contribution < 1.29 is 12.9 Å². The van der Waals surface area contributed by atoms with E-state index in [1.807, 2.05) is 0 Å². The molecule has 1 aliphatic rings. The highest BCUT2D eigenvalue weighted by molar-refractivity contribution is 7.88. The van der Waals surface area contributed by atoms with Gasteiger partial charge in [0.05, 0.1) is 5.69 Å². The highest BCUT2D eigenvalue weighted by Gasteiger charge is 2.29. The van der Waals surface area contributed by atoms with Gasteiger partial charge in [-0.1, -0.05) is 38.3 Å². The van der Waals surface area contributed by atoms with Gasteiger partial charge >= 0.3 is 0 Å². The molecule has 1 aromatic heterocycles. The van der Waals surface area contributed by atoms with Gasteiger partial charge in [0.25, 0.3) is 0 Å². The summed E-state index contributed by atoms with van der Waals surface area (Å²) in [6, 6.07) is 1.59. The Morgan fingerprint density at radius 2 is 2.00 bits per heavy atom. The Morgan fingerprint density at radius 3 is 2.57 bits per heavy atom. The van der Waals surface area contributed by atoms with Crippen LogP contribution in [0.1, 0.15) is 51.6 Å². The standard InChI is InChI=1S/C19H35N5O3S/c1-4-6-8-17(7-5-2)15-21-19(20-3)23-10-12-24(13-11-23)28(25,26)16-18-9-14-27-22-18/h9,14,17H,4-8,10-13,15-16H2,1-3H3,(H,20,21). The summed E-state index contributed by atoms with van der Waals surface area (Å²) < 4.78 is 31.4. The predicted molar refractivity (Wildman–Crippen MR) is 112 cm³/mol. The fourth-order valence-electron chi connectivity index (χ4n) is 3.59. The largest absolute Gasteiger partial charge is 0.364 e. The molecule has 9 heteroatoms. The highest BCUT2D eigenvalue weighted by Crippen LogP contribution is 2.15. The third-order valence-electron chi connectivity index (χ3n) is 5.18. The van der Waals surface area contributed by atoms with E-state index in [4.69, 9.17) is 4.52 Å². The molecule has 1 N–H and O–H groups in total. The van der Waals surface area contributed by atoms with E-state index < -0.39 is 10.0 Å². The summed E-state index contributed by atoms with van der Waals surface area (Å²) in [4.78, 5) is 6.56. The minimum absolute atomic E-state index is 0.118. The molecule has 0 radical (unpaired) electrons. The van der Waals surface area contributed by atoms with Crippen molar-refractivity contribution in [2.75, 3.05) is 39.8 Å². The molecule has 1 unspecified atom stereocenters. The van der Waals surface area contributed by atoms with Gasteiger partial charge in [-0.15, -0.1) is 0 Å². The number of nitrogens with one attached hydrogen (secondary N) is 1. The highest BCUT2D eigenvalue weighted by atomic mass is 32.2. The topological polar surface area (TPSA) is 91.0 Å². The molecule has 0 bridgehead atoms. The van der Waals surface area contributed by atoms with Gasteiger partial charge in [-0.05, 0) is 18.8 Å². The van der Waals surface area contributed by atoms with E-state index in [9.17, 15) is 8.42 Å². The van der Waals surface area contributed by atoms with Crippen LogP contribution in [0.2, 0.25) is 0 Å². The molecular weight excluding hydrogens is 378 g/mol. The van der Waals surface area contributed by atoms with Crippen molar-refractivity contribution in [1.82, 2.24) is 19.7 Å². The molecule has 2 heterocycles. The molecule has 0 aromatic carbocycles. The number of aliphatic imine (C=N–C) groups is 1. The normalized spacial score (nSPS) is 17.7. The van der Waals surface area contributed by atoms with E-state index in [-0.39, 0.29) is 5.75 Å². The number of unbranched alkanes of at least 4 members (excludes halogenated alkanes) is 1. The van der Waals surface area contributed by atoms with E-state index >= 15 is 0 Å². The minimum Gasteiger partial charge on any atom is -0.364 e. The van der Waals surface area contributed by atoms with Crippen LogP contribution in [0.4, 0.5) is 0 Å². The van der Waals surface area contributed by atoms with Crippen molar-refractivity contribution >= 4 is 16.0 Å². The van der Waals surface area contributed by atoms with Gasteiger partial charge in [0.2, 0.25) is 10.0 Å². The lowest BCUT2D eigenvalue weighted by molar-refractivity contribution is 0.258. The first kappa shape index (κ1) is 22.7. The van der Waals surface area contributed by atoms with Crippen molar-refractivity contribution in [1.29, 1.82) is 0 Å². The summed E-state index contributed by atoms with van der Waals surface area (Å²) in [6.45, 7) is 7.55. The number of aromatic nitrogens is 1. The first-order valence-electron chi connectivity index (χ1n) is 10.3. The number of hydrogen-bond acceptors (Lipinski definition) is 5. The van der Waals surface area contributed by atoms with Crippen molar-refractivity contribution in [3.8, 4) is 0 Å². The van der Waals surface area contributed by atoms with Gasteiger partial charge in [-0.3, -0.25) is 4.99 Å². The zero-order valence-corrected chi connectivity index (χ0v) is 18.2. The average molecular weight is 414 g/mol. The molecule has 1 saturated heterocycles. The molecule has 160 valence electrons. The van der Waals surface area contributed by atoms with E-state index in [0.29, 0.717) is 37.8 Å². The second-order valence-corrected chi connectivity index (χ2v) is 9.33. The fraction of sp³-hybridized carbons (Fsp3) is 0.789. The van der Waals surface area contributed by atoms with E-state index in [1.165, 1.54) is 42.7 Å². The zero-order valence-electron chi connectivity index (χ0n) is 17.4. The van der Waals surface area contributed by atoms with Crippen LogP contribution in [-0.4, -0.2) is 68.5 Å². The number of sulfonamides is 1. The van der Waals surface area contributed by atoms with Crippen LogP contribution in [0.3, 0.4) is 0 Å². The number of hydrogen-bond donors (Lipinski definition) is 1. The van der Waals surface area contributed by atoms with Crippen LogP contribution in [0.15, 0.2) is 21.8 Å². The maximum atomic E-state index is 12.6. The lowest BCUT2D eigenvalue weighted by atomic mass is 9.97. The second-order valence-electron chi connectivity index (χ2n) is 7.36. The van der Waals surface area contributed by atoms with E-state index in [1.54, 1.807) is 13.1 Å². The molecule has 1 fully saturated rings. The van der Waals surface area contributed by atoms with Crippen LogP contribution in [0, 0.1) is 5.92 Å². The summed E-state index contributed by atoms with van der Waals surface area (Å²) in [5, 5.41) is 7.22. The first-order chi connectivity index (χ1) is 13.5. The van der Waals surface area contributed by atoms with Gasteiger partial charge < -0.3 is 14.7 Å². The van der Waals surface area contributed by atoms with Crippen LogP contribution < -0.4 is 5.32 Å². The molecule has 8 nitrogen and oxygen atoms in total. The Morgan fingerprint density at radius 1 is 1.25 bits per heavy atom. The second kappa shape index (κ2) is 11.4. The summed E-state index contributed by atoms with van der Waals surface area (Å²) in [5.74, 6) is 1.41. The fourth-order valence-corrected chi connectivity index (χ4v) is 5.01. The predicted octanol–water partition coefficient (Wildman–Crippen LogP) is 2.30. The molecule has 2 rings (SSSR count). The Hall–Kier alpha value is -1.61. The molecular formula is C19H35N5O3S. The summed E-state index contributed by atoms with van der Waals surface area (Å²) in [5.41, 5.74) is 0.439. The summed E-state index contributed by atoms with van der Waals surface area (Å²) >= 11 is 0. The molecule has 0 amide bonds. The smallest absolute Gasteiger partial charge is 0.220 e. The molecule has 1 aliphatic heterocycles. The van der Waals surface area contributed by atoms with Crippen molar-refractivity contribution in [2.24, 2.45) is 10.9 Å². The Labute approximate surface area is 169 Å². The summed E-state index contributed by atoms with van der Waals surface area (Å²) in [6.07, 6.45) is 7.52. The van der Waals surface area contributed by atoms with Crippen LogP contribution in [0.5, 0.6) is 0 Å². The minimum atomic E-state index is -3.38. The quantitative estimate of drug-likeness (QED) is 0.467. The molecule has 0 saturated carbocycles. The van der Waals surface area contributed by atoms with Crippen LogP contribution >= 0.6 is 0 Å². The van der Waals surface area contributed by atoms with Gasteiger partial charge in [-0.25, -0.2) is 8.42 Å². The van der Waals surface area contributed by atoms with Crippen molar-refractivity contribution in [3.63, 3.8) is 0 Å². The number of guanidine groups is 1. The molecule has 1 aromatic rings. The third-order valence-corrected chi connectivity index (χ3v) is 6.99. The number of rotatable bonds is 10. The lowest BCUT2D eigenvalue weighted by Gasteiger charge is -2.36. The van der Waals surface area contributed by atoms with E-state index in [0.717, 1.165) is 12.5 Å². The molecule has 0 spiro atoms. The first-order valence-corrected chi connectivity index (χ1v) is 11.9. The number of nitrogens with zero attached hydrogens (tertiary/aromatic N) is 4. The maximum absolute atomic E-state index is 12.6. The number of piperazine rings is 1. The molecule has 1 atom stereocenters. The Balaban J connectivity index is 1.84. The maximum Gasteiger partial charge on any atom is 0.220 e. The third kappa shape index (κ3) is 6.77. The Bertz CT molecular complexity index is 682. The summed E-state index contributed by atoms with van der Waals surface area (Å²) in [7, 11) is -1.59. The van der Waals surface area contributed by atoms with Crippen molar-refractivity contribution in [2.45, 2.75) is 51.7 Å². The van der Waals surface area contributed by atoms with Gasteiger partial charge in [-0.2, -0.15) is 4.31 Å².